The average Bonchev–Trinajstić information content (AvgIpc) is 3.31. The first-order valence-corrected chi connectivity index (χ1v) is 26.7. The molecule has 12 heteroatoms. The molecule has 0 unspecified atom stereocenters. The monoisotopic (exact) mass is 917 g/mol. The van der Waals surface area contributed by atoms with Crippen LogP contribution in [0.2, 0.25) is 0 Å². The van der Waals surface area contributed by atoms with Crippen molar-refractivity contribution in [2.24, 2.45) is 0 Å². The Hall–Kier alpha value is -2.93. The predicted molar refractivity (Wildman–Crippen MR) is 264 cm³/mol. The summed E-state index contributed by atoms with van der Waals surface area (Å²) in [6, 6.07) is 7.54. The van der Waals surface area contributed by atoms with Gasteiger partial charge in [0.25, 0.3) is 0 Å². The SMILES string of the molecule is CCCCCCCCCCCCCCCCCCNC(=O)N(CCCCCCCCCCCCCCCCCC)[C@@H]1O[C@H](CO)[C@@H](O)[C@H](O)[C@H]1NC(=O)CNC(=O)OCc1ccccc1. The van der Waals surface area contributed by atoms with Crippen molar-refractivity contribution in [1.82, 2.24) is 20.9 Å². The Morgan fingerprint density at radius 2 is 1.02 bits per heavy atom. The lowest BCUT2D eigenvalue weighted by Gasteiger charge is -2.46. The molecule has 376 valence electrons. The van der Waals surface area contributed by atoms with Gasteiger partial charge < -0.3 is 40.7 Å². The van der Waals surface area contributed by atoms with Gasteiger partial charge in [0, 0.05) is 13.1 Å². The first kappa shape index (κ1) is 58.2. The Morgan fingerprint density at radius 3 is 1.46 bits per heavy atom. The van der Waals surface area contributed by atoms with Crippen molar-refractivity contribution in [2.75, 3.05) is 26.2 Å². The zero-order valence-electron chi connectivity index (χ0n) is 41.3. The molecule has 1 saturated heterocycles. The molecule has 1 aromatic rings. The van der Waals surface area contributed by atoms with Gasteiger partial charge >= 0.3 is 12.1 Å². The lowest BCUT2D eigenvalue weighted by Crippen LogP contribution is -2.70. The van der Waals surface area contributed by atoms with E-state index in [-0.39, 0.29) is 12.6 Å². The van der Waals surface area contributed by atoms with E-state index >= 15 is 0 Å². The van der Waals surface area contributed by atoms with E-state index in [0.717, 1.165) is 44.1 Å². The number of alkyl carbamates (subject to hydrolysis) is 1. The number of hydrogen-bond acceptors (Lipinski definition) is 8. The zero-order chi connectivity index (χ0) is 47.0. The molecule has 4 amide bonds. The molecule has 12 nitrogen and oxygen atoms in total. The first-order valence-electron chi connectivity index (χ1n) is 26.7. The van der Waals surface area contributed by atoms with Crippen molar-refractivity contribution < 1.29 is 39.2 Å². The number of rotatable bonds is 41. The van der Waals surface area contributed by atoms with Gasteiger partial charge in [-0.15, -0.1) is 0 Å². The molecule has 0 radical (unpaired) electrons. The van der Waals surface area contributed by atoms with E-state index < -0.39 is 55.7 Å². The van der Waals surface area contributed by atoms with E-state index in [1.165, 1.54) is 165 Å². The van der Waals surface area contributed by atoms with Crippen LogP contribution in [0.4, 0.5) is 9.59 Å². The fraction of sp³-hybridized carbons (Fsp3) is 0.830. The summed E-state index contributed by atoms with van der Waals surface area (Å²) < 4.78 is 11.3. The summed E-state index contributed by atoms with van der Waals surface area (Å²) in [4.78, 5) is 41.0. The summed E-state index contributed by atoms with van der Waals surface area (Å²) in [5.74, 6) is -0.662. The van der Waals surface area contributed by atoms with Crippen molar-refractivity contribution in [2.45, 2.75) is 257 Å². The molecule has 0 bridgehead atoms. The van der Waals surface area contributed by atoms with Gasteiger partial charge in [-0.05, 0) is 18.4 Å². The Labute approximate surface area is 395 Å². The number of carbonyl (C=O) groups is 3. The summed E-state index contributed by atoms with van der Waals surface area (Å²) in [7, 11) is 0. The molecular formula is C53H96N4O8. The highest BCUT2D eigenvalue weighted by Gasteiger charge is 2.48. The highest BCUT2D eigenvalue weighted by molar-refractivity contribution is 5.82. The molecule has 1 aliphatic rings. The van der Waals surface area contributed by atoms with Crippen molar-refractivity contribution in [1.29, 1.82) is 0 Å². The standard InChI is InChI=1S/C53H96N4O8/c1-3-5-7-9-11-13-15-17-19-21-23-25-27-29-31-36-40-54-52(62)57(41-37-32-30-28-26-24-22-20-18-16-14-12-10-8-6-4-2)51-48(50(61)49(60)46(43-58)65-51)56-47(59)42-55-53(63)64-44-45-38-34-33-35-39-45/h33-35,38-39,46,48-51,58,60-61H,3-32,36-37,40-44H2,1-2H3,(H,54,62)(H,55,63)(H,56,59)/t46-,48-,49-,50-,51-/m1/s1. The molecule has 0 saturated carbocycles. The minimum absolute atomic E-state index is 0.0309. The number of aliphatic hydroxyl groups is 3. The van der Waals surface area contributed by atoms with Crippen LogP contribution in [0.3, 0.4) is 0 Å². The van der Waals surface area contributed by atoms with Crippen LogP contribution in [0, 0.1) is 0 Å². The van der Waals surface area contributed by atoms with E-state index in [9.17, 15) is 29.7 Å². The topological polar surface area (TPSA) is 170 Å². The van der Waals surface area contributed by atoms with Gasteiger partial charge in [0.15, 0.2) is 6.23 Å². The second-order valence-electron chi connectivity index (χ2n) is 18.8. The predicted octanol–water partition coefficient (Wildman–Crippen LogP) is 11.4. The molecule has 65 heavy (non-hydrogen) atoms. The number of ether oxygens (including phenoxy) is 2. The molecule has 1 fully saturated rings. The number of unbranched alkanes of at least 4 members (excludes halogenated alkanes) is 30. The number of urea groups is 1. The van der Waals surface area contributed by atoms with Crippen LogP contribution >= 0.6 is 0 Å². The lowest BCUT2D eigenvalue weighted by atomic mass is 9.95. The maximum atomic E-state index is 14.0. The van der Waals surface area contributed by atoms with Crippen LogP contribution in [0.1, 0.15) is 225 Å². The Balaban J connectivity index is 1.86. The Morgan fingerprint density at radius 1 is 0.585 bits per heavy atom. The van der Waals surface area contributed by atoms with E-state index in [1.54, 1.807) is 0 Å². The molecule has 1 aromatic carbocycles. The number of hydrogen-bond donors (Lipinski definition) is 6. The van der Waals surface area contributed by atoms with Crippen molar-refractivity contribution in [3.05, 3.63) is 35.9 Å². The van der Waals surface area contributed by atoms with Crippen molar-refractivity contribution >= 4 is 18.0 Å². The maximum absolute atomic E-state index is 14.0. The van der Waals surface area contributed by atoms with Gasteiger partial charge in [-0.3, -0.25) is 9.69 Å². The largest absolute Gasteiger partial charge is 0.445 e. The van der Waals surface area contributed by atoms with Crippen LogP contribution in [0.5, 0.6) is 0 Å². The number of carbonyl (C=O) groups excluding carboxylic acids is 3. The van der Waals surface area contributed by atoms with Gasteiger partial charge in [-0.25, -0.2) is 9.59 Å². The minimum Gasteiger partial charge on any atom is -0.445 e. The maximum Gasteiger partial charge on any atom is 0.407 e. The van der Waals surface area contributed by atoms with E-state index in [4.69, 9.17) is 9.47 Å². The second kappa shape index (κ2) is 40.2. The summed E-state index contributed by atoms with van der Waals surface area (Å²) >= 11 is 0. The first-order chi connectivity index (χ1) is 31.8. The Kier molecular flexibility index (Phi) is 36.0. The van der Waals surface area contributed by atoms with E-state index in [0.29, 0.717) is 19.5 Å². The van der Waals surface area contributed by atoms with E-state index in [2.05, 4.69) is 29.8 Å². The second-order valence-corrected chi connectivity index (χ2v) is 18.8. The summed E-state index contributed by atoms with van der Waals surface area (Å²) in [5, 5.41) is 40.4. The molecule has 2 rings (SSSR count). The molecule has 6 N–H and O–H groups in total. The third-order valence-electron chi connectivity index (χ3n) is 13.0. The number of amides is 4. The van der Waals surface area contributed by atoms with Crippen molar-refractivity contribution in [3.8, 4) is 0 Å². The van der Waals surface area contributed by atoms with Crippen molar-refractivity contribution in [3.63, 3.8) is 0 Å². The highest BCUT2D eigenvalue weighted by atomic mass is 16.6. The number of aliphatic hydroxyl groups excluding tert-OH is 3. The smallest absolute Gasteiger partial charge is 0.407 e. The van der Waals surface area contributed by atoms with Crippen LogP contribution in [-0.2, 0) is 20.9 Å². The third kappa shape index (κ3) is 28.8. The van der Waals surface area contributed by atoms with Gasteiger partial charge in [-0.2, -0.15) is 0 Å². The minimum atomic E-state index is -1.55. The van der Waals surface area contributed by atoms with Gasteiger partial charge in [-0.1, -0.05) is 237 Å². The number of benzene rings is 1. The molecular weight excluding hydrogens is 821 g/mol. The van der Waals surface area contributed by atoms with E-state index in [1.807, 2.05) is 30.3 Å². The van der Waals surface area contributed by atoms with Gasteiger partial charge in [0.1, 0.15) is 37.5 Å². The Bertz CT molecular complexity index is 1290. The summed E-state index contributed by atoms with van der Waals surface area (Å²) in [6.45, 7) is 4.28. The molecule has 5 atom stereocenters. The zero-order valence-corrected chi connectivity index (χ0v) is 41.3. The highest BCUT2D eigenvalue weighted by Crippen LogP contribution is 2.25. The average molecular weight is 917 g/mol. The molecule has 1 heterocycles. The number of nitrogens with one attached hydrogen (secondary N) is 3. The van der Waals surface area contributed by atoms with Crippen LogP contribution in [0.15, 0.2) is 30.3 Å². The third-order valence-corrected chi connectivity index (χ3v) is 13.0. The van der Waals surface area contributed by atoms with Crippen LogP contribution < -0.4 is 16.0 Å². The number of nitrogens with zero attached hydrogens (tertiary/aromatic N) is 1. The summed E-state index contributed by atoms with van der Waals surface area (Å²) in [6.07, 6.45) is 33.6. The molecule has 0 aromatic heterocycles. The normalized spacial score (nSPS) is 18.3. The van der Waals surface area contributed by atoms with Gasteiger partial charge in [0.2, 0.25) is 5.91 Å². The van der Waals surface area contributed by atoms with Crippen LogP contribution in [0.25, 0.3) is 0 Å². The fourth-order valence-electron chi connectivity index (χ4n) is 8.83. The summed E-state index contributed by atoms with van der Waals surface area (Å²) in [5.41, 5.74) is 0.794. The molecule has 0 spiro atoms. The fourth-order valence-corrected chi connectivity index (χ4v) is 8.83. The molecule has 0 aliphatic carbocycles. The lowest BCUT2D eigenvalue weighted by molar-refractivity contribution is -0.224. The quantitative estimate of drug-likeness (QED) is 0.0353. The van der Waals surface area contributed by atoms with Gasteiger partial charge in [0.05, 0.1) is 6.61 Å². The molecule has 1 aliphatic heterocycles. The van der Waals surface area contributed by atoms with Crippen LogP contribution in [-0.4, -0.2) is 95.1 Å².